The van der Waals surface area contributed by atoms with Gasteiger partial charge in [0.25, 0.3) is 0 Å². The summed E-state index contributed by atoms with van der Waals surface area (Å²) in [4.78, 5) is 0. The molecular weight excluding hydrogens is 319 g/mol. The molecule has 0 atom stereocenters. The van der Waals surface area contributed by atoms with Crippen LogP contribution in [-0.2, 0) is 0 Å². The van der Waals surface area contributed by atoms with E-state index in [0.717, 1.165) is 24.8 Å². The van der Waals surface area contributed by atoms with Gasteiger partial charge in [-0.05, 0) is 71.9 Å². The zero-order valence-corrected chi connectivity index (χ0v) is 13.0. The van der Waals surface area contributed by atoms with Crippen LogP contribution in [0.1, 0.15) is 39.5 Å². The Kier molecular flexibility index (Phi) is 6.56. The Hall–Kier alpha value is -0.570. The van der Waals surface area contributed by atoms with Crippen molar-refractivity contribution in [1.82, 2.24) is 0 Å². The van der Waals surface area contributed by atoms with Crippen molar-refractivity contribution >= 4 is 22.6 Å². The molecule has 17 heavy (non-hydrogen) atoms. The van der Waals surface area contributed by atoms with E-state index in [1.165, 1.54) is 21.1 Å². The first-order chi connectivity index (χ1) is 8.16. The van der Waals surface area contributed by atoms with Gasteiger partial charge in [-0.25, -0.2) is 0 Å². The van der Waals surface area contributed by atoms with Crippen molar-refractivity contribution in [3.63, 3.8) is 0 Å². The van der Waals surface area contributed by atoms with Crippen LogP contribution in [0.25, 0.3) is 0 Å². The lowest BCUT2D eigenvalue weighted by molar-refractivity contribution is 0.866. The third kappa shape index (κ3) is 4.66. The normalized spacial score (nSPS) is 23.7. The smallest absolute Gasteiger partial charge is 0.0165 e. The zero-order valence-electron chi connectivity index (χ0n) is 10.8. The summed E-state index contributed by atoms with van der Waals surface area (Å²) in [6, 6.07) is 0. The van der Waals surface area contributed by atoms with E-state index in [0.29, 0.717) is 0 Å². The van der Waals surface area contributed by atoms with Gasteiger partial charge in [0.15, 0.2) is 0 Å². The average Bonchev–Trinajstić information content (AvgIpc) is 2.32. The van der Waals surface area contributed by atoms with E-state index in [4.69, 9.17) is 0 Å². The molecule has 0 unspecified atom stereocenters. The zero-order chi connectivity index (χ0) is 12.7. The van der Waals surface area contributed by atoms with E-state index in [1.54, 1.807) is 0 Å². The van der Waals surface area contributed by atoms with Gasteiger partial charge in [-0.15, -0.1) is 0 Å². The Bertz CT molecular complexity index is 392. The number of hydrogen-bond donors (Lipinski definition) is 0. The van der Waals surface area contributed by atoms with Gasteiger partial charge in [-0.1, -0.05) is 43.9 Å². The molecule has 0 bridgehead atoms. The second-order valence-corrected chi connectivity index (χ2v) is 5.42. The van der Waals surface area contributed by atoms with Gasteiger partial charge in [-0.3, -0.25) is 0 Å². The van der Waals surface area contributed by atoms with Gasteiger partial charge in [0.2, 0.25) is 0 Å². The second-order valence-electron chi connectivity index (χ2n) is 4.26. The molecule has 0 spiro atoms. The highest BCUT2D eigenvalue weighted by Crippen LogP contribution is 2.28. The minimum Gasteiger partial charge on any atom is -0.0915 e. The number of halogens is 1. The van der Waals surface area contributed by atoms with Crippen molar-refractivity contribution in [1.29, 1.82) is 0 Å². The maximum atomic E-state index is 4.15. The summed E-state index contributed by atoms with van der Waals surface area (Å²) in [7, 11) is 0. The van der Waals surface area contributed by atoms with Crippen molar-refractivity contribution in [2.24, 2.45) is 0 Å². The summed E-state index contributed by atoms with van der Waals surface area (Å²) in [5.41, 5.74) is 3.74. The summed E-state index contributed by atoms with van der Waals surface area (Å²) < 4.78 is 1.35. The molecule has 1 aliphatic rings. The quantitative estimate of drug-likeness (QED) is 0.550. The average molecular weight is 340 g/mol. The summed E-state index contributed by atoms with van der Waals surface area (Å²) >= 11 is 2.44. The first kappa shape index (κ1) is 14.5. The van der Waals surface area contributed by atoms with Crippen molar-refractivity contribution in [2.45, 2.75) is 39.5 Å². The van der Waals surface area contributed by atoms with E-state index in [-0.39, 0.29) is 0 Å². The van der Waals surface area contributed by atoms with Crippen LogP contribution in [0.2, 0.25) is 0 Å². The Morgan fingerprint density at radius 1 is 1.41 bits per heavy atom. The van der Waals surface area contributed by atoms with Crippen molar-refractivity contribution in [3.8, 4) is 0 Å². The van der Waals surface area contributed by atoms with Gasteiger partial charge in [0, 0.05) is 3.58 Å². The fourth-order valence-electron chi connectivity index (χ4n) is 1.72. The van der Waals surface area contributed by atoms with Gasteiger partial charge >= 0.3 is 0 Å². The van der Waals surface area contributed by atoms with Gasteiger partial charge in [0.05, 0.1) is 0 Å². The SMILES string of the molecule is C=C1/C=C\CCC/C=C(/I)C(/C=C\CC)=C1C. The summed E-state index contributed by atoms with van der Waals surface area (Å²) in [5.74, 6) is 0. The molecule has 0 amide bonds. The summed E-state index contributed by atoms with van der Waals surface area (Å²) in [6.07, 6.45) is 15.8. The fourth-order valence-corrected chi connectivity index (χ4v) is 2.61. The molecule has 0 nitrogen and oxygen atoms in total. The molecule has 1 aliphatic carbocycles. The predicted molar refractivity (Wildman–Crippen MR) is 86.4 cm³/mol. The van der Waals surface area contributed by atoms with E-state index in [9.17, 15) is 0 Å². The van der Waals surface area contributed by atoms with Crippen LogP contribution < -0.4 is 0 Å². The van der Waals surface area contributed by atoms with Crippen LogP contribution in [0.3, 0.4) is 0 Å². The minimum atomic E-state index is 1.07. The molecule has 0 N–H and O–H groups in total. The van der Waals surface area contributed by atoms with E-state index >= 15 is 0 Å². The summed E-state index contributed by atoms with van der Waals surface area (Å²) in [5, 5.41) is 0. The number of hydrogen-bond acceptors (Lipinski definition) is 0. The molecule has 0 radical (unpaired) electrons. The Balaban J connectivity index is 3.16. The Morgan fingerprint density at radius 2 is 2.18 bits per heavy atom. The molecule has 0 saturated carbocycles. The maximum absolute atomic E-state index is 4.15. The Labute approximate surface area is 119 Å². The number of allylic oxidation sites excluding steroid dienone is 9. The lowest BCUT2D eigenvalue weighted by atomic mass is 9.99. The highest BCUT2D eigenvalue weighted by molar-refractivity contribution is 14.1. The molecule has 0 aromatic rings. The highest BCUT2D eigenvalue weighted by atomic mass is 127. The van der Waals surface area contributed by atoms with Gasteiger partial charge in [-0.2, -0.15) is 0 Å². The van der Waals surface area contributed by atoms with Crippen LogP contribution >= 0.6 is 22.6 Å². The van der Waals surface area contributed by atoms with Gasteiger partial charge in [0.1, 0.15) is 0 Å². The van der Waals surface area contributed by atoms with E-state index in [1.807, 2.05) is 0 Å². The topological polar surface area (TPSA) is 0 Å². The molecule has 0 aromatic carbocycles. The molecule has 0 fully saturated rings. The second kappa shape index (κ2) is 7.70. The minimum absolute atomic E-state index is 1.07. The highest BCUT2D eigenvalue weighted by Gasteiger charge is 2.05. The lowest BCUT2D eigenvalue weighted by Gasteiger charge is -2.10. The molecule has 92 valence electrons. The van der Waals surface area contributed by atoms with E-state index in [2.05, 4.69) is 73.4 Å². The van der Waals surface area contributed by atoms with Crippen LogP contribution in [-0.4, -0.2) is 0 Å². The third-order valence-corrected chi connectivity index (χ3v) is 3.90. The molecule has 1 heteroatoms. The first-order valence-corrected chi connectivity index (χ1v) is 7.34. The lowest BCUT2D eigenvalue weighted by Crippen LogP contribution is -1.90. The van der Waals surface area contributed by atoms with Crippen molar-refractivity contribution < 1.29 is 0 Å². The fraction of sp³-hybridized carbons (Fsp3) is 0.375. The van der Waals surface area contributed by atoms with E-state index < -0.39 is 0 Å². The largest absolute Gasteiger partial charge is 0.0915 e. The van der Waals surface area contributed by atoms with Crippen LogP contribution in [0, 0.1) is 0 Å². The molecular formula is C16H21I. The molecule has 0 heterocycles. The van der Waals surface area contributed by atoms with Crippen LogP contribution in [0.5, 0.6) is 0 Å². The maximum Gasteiger partial charge on any atom is 0.0165 e. The van der Waals surface area contributed by atoms with Crippen LogP contribution in [0.4, 0.5) is 0 Å². The van der Waals surface area contributed by atoms with Crippen molar-refractivity contribution in [3.05, 3.63) is 57.3 Å². The predicted octanol–water partition coefficient (Wildman–Crippen LogP) is 5.88. The Morgan fingerprint density at radius 3 is 2.88 bits per heavy atom. The monoisotopic (exact) mass is 340 g/mol. The standard InChI is InChI=1S/C16H21I/c1-4-5-11-15-14(3)13(2)10-8-6-7-9-12-16(15)17/h5,8,10-12H,2,4,6-7,9H2,1,3H3/b10-8-,11-5-,15-14?,16-12+. The molecule has 0 saturated heterocycles. The van der Waals surface area contributed by atoms with Crippen LogP contribution in [0.15, 0.2) is 57.3 Å². The molecule has 1 rings (SSSR count). The number of rotatable bonds is 2. The molecule has 0 aliphatic heterocycles. The van der Waals surface area contributed by atoms with Crippen molar-refractivity contribution in [2.75, 3.05) is 0 Å². The third-order valence-electron chi connectivity index (χ3n) is 2.88. The van der Waals surface area contributed by atoms with Gasteiger partial charge < -0.3 is 0 Å². The summed E-state index contributed by atoms with van der Waals surface area (Å²) in [6.45, 7) is 8.48. The molecule has 0 aromatic heterocycles. The first-order valence-electron chi connectivity index (χ1n) is 6.26.